The summed E-state index contributed by atoms with van der Waals surface area (Å²) in [5.74, 6) is 0.0609. The number of thiazole rings is 1. The van der Waals surface area contributed by atoms with Crippen LogP contribution in [0, 0.1) is 0 Å². The number of hydrogen-bond donors (Lipinski definition) is 1. The van der Waals surface area contributed by atoms with Gasteiger partial charge in [-0.3, -0.25) is 9.36 Å². The van der Waals surface area contributed by atoms with Crippen molar-refractivity contribution >= 4 is 23.4 Å². The summed E-state index contributed by atoms with van der Waals surface area (Å²) < 4.78 is 7.42. The van der Waals surface area contributed by atoms with Crippen LogP contribution in [-0.2, 0) is 9.53 Å². The quantitative estimate of drug-likeness (QED) is 0.587. The fourth-order valence-electron chi connectivity index (χ4n) is 3.89. The molecule has 0 unspecified atom stereocenters. The van der Waals surface area contributed by atoms with E-state index >= 15 is 0 Å². The molecule has 0 saturated carbocycles. The molecule has 4 rings (SSSR count). The maximum atomic E-state index is 13.5. The molecule has 1 aliphatic heterocycles. The van der Waals surface area contributed by atoms with Gasteiger partial charge in [0.1, 0.15) is 5.75 Å². The van der Waals surface area contributed by atoms with E-state index in [2.05, 4.69) is 18.8 Å². The standard InChI is InChI=1S/C26H26N2O4S/c1-5-32-25(31)22-16(4)27-26-28(23(22)19-10-8-18(9-11-19)15(2)3)24(30)21(33-26)14-17-6-12-20(29)13-7-17/h6-15,23,29H,5H2,1-4H3/b21-14-/t23-/m0/s1. The van der Waals surface area contributed by atoms with E-state index in [0.717, 1.165) is 11.1 Å². The van der Waals surface area contributed by atoms with Crippen LogP contribution in [0.5, 0.6) is 5.75 Å². The molecule has 0 amide bonds. The van der Waals surface area contributed by atoms with E-state index < -0.39 is 12.0 Å². The Labute approximate surface area is 195 Å². The van der Waals surface area contributed by atoms with Crippen LogP contribution in [0.4, 0.5) is 0 Å². The van der Waals surface area contributed by atoms with Crippen molar-refractivity contribution < 1.29 is 14.6 Å². The molecule has 2 heterocycles. The molecule has 3 aromatic rings. The second-order valence-electron chi connectivity index (χ2n) is 8.22. The zero-order chi connectivity index (χ0) is 23.7. The topological polar surface area (TPSA) is 80.9 Å². The highest BCUT2D eigenvalue weighted by molar-refractivity contribution is 7.07. The molecule has 0 radical (unpaired) electrons. The summed E-state index contributed by atoms with van der Waals surface area (Å²) in [4.78, 5) is 31.6. The van der Waals surface area contributed by atoms with E-state index in [1.807, 2.05) is 24.3 Å². The van der Waals surface area contributed by atoms with E-state index in [4.69, 9.17) is 4.74 Å². The van der Waals surface area contributed by atoms with E-state index in [-0.39, 0.29) is 17.9 Å². The van der Waals surface area contributed by atoms with Crippen molar-refractivity contribution in [3.63, 3.8) is 0 Å². The third kappa shape index (κ3) is 4.41. The molecular weight excluding hydrogens is 436 g/mol. The smallest absolute Gasteiger partial charge is 0.338 e. The predicted octanol–water partition coefficient (Wildman–Crippen LogP) is 3.63. The van der Waals surface area contributed by atoms with Gasteiger partial charge >= 0.3 is 5.97 Å². The Morgan fingerprint density at radius 2 is 1.85 bits per heavy atom. The van der Waals surface area contributed by atoms with Crippen molar-refractivity contribution in [2.75, 3.05) is 6.61 Å². The summed E-state index contributed by atoms with van der Waals surface area (Å²) in [7, 11) is 0. The van der Waals surface area contributed by atoms with Crippen LogP contribution in [0.25, 0.3) is 6.08 Å². The Kier molecular flexibility index (Phi) is 6.33. The van der Waals surface area contributed by atoms with Crippen LogP contribution in [0.15, 0.2) is 69.6 Å². The van der Waals surface area contributed by atoms with Crippen LogP contribution >= 0.6 is 11.3 Å². The van der Waals surface area contributed by atoms with Crippen LogP contribution in [0.1, 0.15) is 56.3 Å². The van der Waals surface area contributed by atoms with Gasteiger partial charge in [-0.25, -0.2) is 9.79 Å². The van der Waals surface area contributed by atoms with Gasteiger partial charge in [-0.1, -0.05) is 61.6 Å². The monoisotopic (exact) mass is 462 g/mol. The number of phenolic OH excluding ortho intramolecular Hbond substituents is 1. The number of aromatic nitrogens is 1. The van der Waals surface area contributed by atoms with E-state index in [1.54, 1.807) is 48.8 Å². The molecule has 0 bridgehead atoms. The zero-order valence-corrected chi connectivity index (χ0v) is 19.8. The largest absolute Gasteiger partial charge is 0.508 e. The first kappa shape index (κ1) is 22.7. The Hall–Kier alpha value is -3.45. The molecule has 1 aromatic heterocycles. The fraction of sp³-hybridized carbons (Fsp3) is 0.269. The normalized spacial score (nSPS) is 16.0. The number of benzene rings is 2. The highest BCUT2D eigenvalue weighted by atomic mass is 32.1. The second-order valence-corrected chi connectivity index (χ2v) is 9.22. The molecule has 6 nitrogen and oxygen atoms in total. The van der Waals surface area contributed by atoms with E-state index in [0.29, 0.717) is 26.5 Å². The summed E-state index contributed by atoms with van der Waals surface area (Å²) in [5, 5.41) is 9.54. The maximum absolute atomic E-state index is 13.5. The molecule has 0 saturated heterocycles. The molecule has 1 aliphatic rings. The molecule has 7 heteroatoms. The van der Waals surface area contributed by atoms with Gasteiger partial charge in [0.15, 0.2) is 4.80 Å². The lowest BCUT2D eigenvalue weighted by molar-refractivity contribution is -0.139. The number of carbonyl (C=O) groups is 1. The van der Waals surface area contributed by atoms with Crippen molar-refractivity contribution in [3.05, 3.63) is 96.2 Å². The number of nitrogens with zero attached hydrogens (tertiary/aromatic N) is 2. The first-order valence-corrected chi connectivity index (χ1v) is 11.7. The lowest BCUT2D eigenvalue weighted by Gasteiger charge is -2.25. The third-order valence-corrected chi connectivity index (χ3v) is 6.61. The second kappa shape index (κ2) is 9.19. The molecule has 1 N–H and O–H groups in total. The molecule has 33 heavy (non-hydrogen) atoms. The number of fused-ring (bicyclic) bond motifs is 1. The van der Waals surface area contributed by atoms with Crippen molar-refractivity contribution in [2.45, 2.75) is 39.7 Å². The highest BCUT2D eigenvalue weighted by Gasteiger charge is 2.33. The van der Waals surface area contributed by atoms with Gasteiger partial charge in [-0.15, -0.1) is 0 Å². The van der Waals surface area contributed by atoms with Crippen molar-refractivity contribution in [3.8, 4) is 5.75 Å². The number of hydrogen-bond acceptors (Lipinski definition) is 6. The minimum atomic E-state index is -0.622. The molecule has 0 fully saturated rings. The lowest BCUT2D eigenvalue weighted by atomic mass is 9.93. The average molecular weight is 463 g/mol. The SMILES string of the molecule is CCOC(=O)C1=C(C)N=c2s/c(=C\c3ccc(O)cc3)c(=O)n2[C@H]1c1ccc(C(C)C)cc1. The van der Waals surface area contributed by atoms with Crippen LogP contribution in [0.3, 0.4) is 0 Å². The number of phenols is 1. The van der Waals surface area contributed by atoms with Gasteiger partial charge in [0.25, 0.3) is 5.56 Å². The van der Waals surface area contributed by atoms with Crippen molar-refractivity contribution in [1.29, 1.82) is 0 Å². The number of aromatic hydroxyl groups is 1. The van der Waals surface area contributed by atoms with Gasteiger partial charge < -0.3 is 9.84 Å². The van der Waals surface area contributed by atoms with E-state index in [1.165, 1.54) is 16.9 Å². The van der Waals surface area contributed by atoms with Crippen molar-refractivity contribution in [2.24, 2.45) is 4.99 Å². The van der Waals surface area contributed by atoms with Crippen LogP contribution in [-0.4, -0.2) is 22.2 Å². The summed E-state index contributed by atoms with van der Waals surface area (Å²) in [6.07, 6.45) is 1.77. The average Bonchev–Trinajstić information content (AvgIpc) is 3.09. The molecule has 2 aromatic carbocycles. The summed E-state index contributed by atoms with van der Waals surface area (Å²) in [6, 6.07) is 14.0. The Morgan fingerprint density at radius 3 is 2.45 bits per heavy atom. The first-order valence-electron chi connectivity index (χ1n) is 10.9. The van der Waals surface area contributed by atoms with Gasteiger partial charge in [0.2, 0.25) is 0 Å². The lowest BCUT2D eigenvalue weighted by Crippen LogP contribution is -2.39. The summed E-state index contributed by atoms with van der Waals surface area (Å²) in [5.41, 5.74) is 3.49. The molecule has 1 atom stereocenters. The Bertz CT molecular complexity index is 1390. The third-order valence-electron chi connectivity index (χ3n) is 5.63. The first-order chi connectivity index (χ1) is 15.8. The van der Waals surface area contributed by atoms with Crippen molar-refractivity contribution in [1.82, 2.24) is 4.57 Å². The minimum absolute atomic E-state index is 0.160. The number of ether oxygens (including phenoxy) is 1. The number of esters is 1. The maximum Gasteiger partial charge on any atom is 0.338 e. The van der Waals surface area contributed by atoms with Gasteiger partial charge in [0, 0.05) is 0 Å². The fourth-order valence-corrected chi connectivity index (χ4v) is 4.94. The molecule has 0 spiro atoms. The van der Waals surface area contributed by atoms with Crippen LogP contribution in [0.2, 0.25) is 0 Å². The van der Waals surface area contributed by atoms with Gasteiger partial charge in [-0.2, -0.15) is 0 Å². The Morgan fingerprint density at radius 1 is 1.18 bits per heavy atom. The highest BCUT2D eigenvalue weighted by Crippen LogP contribution is 2.31. The molecule has 0 aliphatic carbocycles. The predicted molar refractivity (Wildman–Crippen MR) is 129 cm³/mol. The van der Waals surface area contributed by atoms with Gasteiger partial charge in [0.05, 0.1) is 28.5 Å². The minimum Gasteiger partial charge on any atom is -0.508 e. The molecule has 170 valence electrons. The summed E-state index contributed by atoms with van der Waals surface area (Å²) >= 11 is 1.28. The van der Waals surface area contributed by atoms with Gasteiger partial charge in [-0.05, 0) is 54.7 Å². The van der Waals surface area contributed by atoms with E-state index in [9.17, 15) is 14.7 Å². The Balaban J connectivity index is 1.92. The number of allylic oxidation sites excluding steroid dienone is 1. The number of carbonyl (C=O) groups excluding carboxylic acids is 1. The zero-order valence-electron chi connectivity index (χ0n) is 19.0. The molecular formula is C26H26N2O4S. The van der Waals surface area contributed by atoms with Crippen LogP contribution < -0.4 is 14.9 Å². The summed E-state index contributed by atoms with van der Waals surface area (Å²) in [6.45, 7) is 8.01. The number of rotatable bonds is 5.